The predicted molar refractivity (Wildman–Crippen MR) is 94.1 cm³/mol. The van der Waals surface area contributed by atoms with E-state index in [2.05, 4.69) is 35.3 Å². The van der Waals surface area contributed by atoms with Gasteiger partial charge in [-0.05, 0) is 34.9 Å². The molecule has 2 aromatic rings. The molecule has 2 aromatic carbocycles. The molecule has 3 nitrogen and oxygen atoms in total. The van der Waals surface area contributed by atoms with Crippen molar-refractivity contribution < 1.29 is 4.74 Å². The van der Waals surface area contributed by atoms with Crippen molar-refractivity contribution in [3.8, 4) is 5.75 Å². The zero-order valence-electron chi connectivity index (χ0n) is 12.4. The summed E-state index contributed by atoms with van der Waals surface area (Å²) in [6.45, 7) is 0.573. The van der Waals surface area contributed by atoms with Crippen molar-refractivity contribution in [2.75, 3.05) is 7.11 Å². The van der Waals surface area contributed by atoms with E-state index in [0.29, 0.717) is 6.54 Å². The average Bonchev–Trinajstić information content (AvgIpc) is 3.04. The number of ether oxygens (including phenoxy) is 1. The third-order valence-electron chi connectivity index (χ3n) is 3.51. The fourth-order valence-electron chi connectivity index (χ4n) is 2.24. The summed E-state index contributed by atoms with van der Waals surface area (Å²) in [4.78, 5) is 5.75. The van der Waals surface area contributed by atoms with Crippen molar-refractivity contribution in [2.24, 2.45) is 10.7 Å². The van der Waals surface area contributed by atoms with Gasteiger partial charge in [-0.2, -0.15) is 0 Å². The van der Waals surface area contributed by atoms with E-state index in [4.69, 9.17) is 10.5 Å². The Morgan fingerprint density at radius 1 is 1.14 bits per heavy atom. The van der Waals surface area contributed by atoms with E-state index in [1.165, 1.54) is 5.56 Å². The highest BCUT2D eigenvalue weighted by Crippen LogP contribution is 2.40. The van der Waals surface area contributed by atoms with Gasteiger partial charge < -0.3 is 10.5 Å². The minimum absolute atomic E-state index is 0.135. The molecule has 1 aliphatic heterocycles. The summed E-state index contributed by atoms with van der Waals surface area (Å²) < 4.78 is 5.17. The first-order chi connectivity index (χ1) is 10.8. The molecule has 4 heteroatoms. The normalized spacial score (nSPS) is 18.8. The second-order valence-electron chi connectivity index (χ2n) is 5.01. The van der Waals surface area contributed by atoms with Crippen LogP contribution >= 0.6 is 11.8 Å². The number of methoxy groups -OCH3 is 1. The molecule has 2 N–H and O–H groups in total. The average molecular weight is 310 g/mol. The first-order valence-electron chi connectivity index (χ1n) is 7.13. The van der Waals surface area contributed by atoms with Gasteiger partial charge in [-0.1, -0.05) is 48.2 Å². The molecule has 0 saturated carbocycles. The van der Waals surface area contributed by atoms with Crippen LogP contribution in [0.25, 0.3) is 6.08 Å². The highest BCUT2D eigenvalue weighted by atomic mass is 32.2. The summed E-state index contributed by atoms with van der Waals surface area (Å²) >= 11 is 1.76. The van der Waals surface area contributed by atoms with Gasteiger partial charge in [-0.3, -0.25) is 4.99 Å². The van der Waals surface area contributed by atoms with Gasteiger partial charge in [0.1, 0.15) is 11.1 Å². The lowest BCUT2D eigenvalue weighted by atomic mass is 10.1. The van der Waals surface area contributed by atoms with Crippen molar-refractivity contribution >= 4 is 24.1 Å². The summed E-state index contributed by atoms with van der Waals surface area (Å²) in [6, 6.07) is 16.4. The van der Waals surface area contributed by atoms with E-state index in [-0.39, 0.29) is 5.37 Å². The molecule has 0 saturated heterocycles. The molecule has 1 atom stereocenters. The van der Waals surface area contributed by atoms with E-state index < -0.39 is 0 Å². The maximum atomic E-state index is 5.63. The Hall–Kier alpha value is -2.04. The summed E-state index contributed by atoms with van der Waals surface area (Å²) in [5.74, 6) is 0.868. The number of thioether (sulfide) groups is 1. The third-order valence-corrected chi connectivity index (χ3v) is 4.62. The van der Waals surface area contributed by atoms with E-state index in [1.54, 1.807) is 18.9 Å². The van der Waals surface area contributed by atoms with E-state index in [0.717, 1.165) is 21.8 Å². The summed E-state index contributed by atoms with van der Waals surface area (Å²) in [5.41, 5.74) is 9.12. The fourth-order valence-corrected chi connectivity index (χ4v) is 3.24. The zero-order chi connectivity index (χ0) is 15.4. The molecule has 0 aliphatic carbocycles. The van der Waals surface area contributed by atoms with Crippen molar-refractivity contribution in [1.82, 2.24) is 0 Å². The van der Waals surface area contributed by atoms with Crippen LogP contribution in [-0.4, -0.2) is 13.3 Å². The lowest BCUT2D eigenvalue weighted by Gasteiger charge is -2.07. The number of allylic oxidation sites excluding steroid dienone is 1. The van der Waals surface area contributed by atoms with E-state index in [9.17, 15) is 0 Å². The monoisotopic (exact) mass is 310 g/mol. The van der Waals surface area contributed by atoms with Gasteiger partial charge in [0.25, 0.3) is 0 Å². The summed E-state index contributed by atoms with van der Waals surface area (Å²) in [6.07, 6.45) is 4.08. The summed E-state index contributed by atoms with van der Waals surface area (Å²) in [7, 11) is 1.67. The number of hydrogen-bond acceptors (Lipinski definition) is 4. The molecule has 0 bridgehead atoms. The standard InChI is InChI=1S/C18H18N2OS/c1-21-16-8-4-13(5-9-16)10-17-12-20-18(22-17)15-6-2-14(11-19)3-7-15/h2-10,12,18H,11,19H2,1H3/b17-10-. The van der Waals surface area contributed by atoms with Crippen LogP contribution in [0.3, 0.4) is 0 Å². The van der Waals surface area contributed by atoms with Crippen LogP contribution in [0.5, 0.6) is 5.75 Å². The van der Waals surface area contributed by atoms with Crippen molar-refractivity contribution in [3.63, 3.8) is 0 Å². The molecule has 0 spiro atoms. The lowest BCUT2D eigenvalue weighted by molar-refractivity contribution is 0.415. The van der Waals surface area contributed by atoms with Gasteiger partial charge in [0.15, 0.2) is 0 Å². The summed E-state index contributed by atoms with van der Waals surface area (Å²) in [5, 5.41) is 0.135. The minimum atomic E-state index is 0.135. The van der Waals surface area contributed by atoms with Crippen molar-refractivity contribution in [3.05, 3.63) is 70.1 Å². The SMILES string of the molecule is COc1ccc(/C=C2/C=NC(c3ccc(CN)cc3)S2)cc1. The van der Waals surface area contributed by atoms with Crippen LogP contribution in [0, 0.1) is 0 Å². The fraction of sp³-hybridized carbons (Fsp3) is 0.167. The van der Waals surface area contributed by atoms with Gasteiger partial charge in [-0.15, -0.1) is 0 Å². The van der Waals surface area contributed by atoms with Crippen LogP contribution in [0.15, 0.2) is 58.4 Å². The molecular formula is C18H18N2OS. The largest absolute Gasteiger partial charge is 0.497 e. The quantitative estimate of drug-likeness (QED) is 0.928. The molecule has 0 aromatic heterocycles. The molecule has 112 valence electrons. The molecule has 1 unspecified atom stereocenters. The van der Waals surface area contributed by atoms with Gasteiger partial charge in [0, 0.05) is 17.7 Å². The van der Waals surface area contributed by atoms with Crippen LogP contribution in [0.4, 0.5) is 0 Å². The Labute approximate surface area is 134 Å². The van der Waals surface area contributed by atoms with Crippen LogP contribution < -0.4 is 10.5 Å². The van der Waals surface area contributed by atoms with Crippen molar-refractivity contribution in [2.45, 2.75) is 11.9 Å². The molecule has 3 rings (SSSR count). The van der Waals surface area contributed by atoms with Gasteiger partial charge in [-0.25, -0.2) is 0 Å². The first-order valence-corrected chi connectivity index (χ1v) is 8.01. The number of aliphatic imine (C=N–C) groups is 1. The van der Waals surface area contributed by atoms with Crippen LogP contribution in [0.1, 0.15) is 22.1 Å². The topological polar surface area (TPSA) is 47.6 Å². The van der Waals surface area contributed by atoms with E-state index in [1.807, 2.05) is 30.5 Å². The Morgan fingerprint density at radius 2 is 1.86 bits per heavy atom. The Kier molecular flexibility index (Phi) is 4.61. The maximum absolute atomic E-state index is 5.63. The van der Waals surface area contributed by atoms with E-state index >= 15 is 0 Å². The highest BCUT2D eigenvalue weighted by Gasteiger charge is 2.17. The molecular weight excluding hydrogens is 292 g/mol. The molecule has 0 fully saturated rings. The maximum Gasteiger partial charge on any atom is 0.125 e. The number of rotatable bonds is 4. The molecule has 22 heavy (non-hydrogen) atoms. The lowest BCUT2D eigenvalue weighted by Crippen LogP contribution is -1.96. The first kappa shape index (κ1) is 14.9. The Bertz CT molecular complexity index is 690. The Morgan fingerprint density at radius 3 is 2.50 bits per heavy atom. The molecule has 1 aliphatic rings. The smallest absolute Gasteiger partial charge is 0.125 e. The Balaban J connectivity index is 1.70. The number of nitrogens with two attached hydrogens (primary N) is 1. The van der Waals surface area contributed by atoms with Crippen LogP contribution in [0.2, 0.25) is 0 Å². The second kappa shape index (κ2) is 6.81. The number of nitrogens with zero attached hydrogens (tertiary/aromatic N) is 1. The number of benzene rings is 2. The van der Waals surface area contributed by atoms with Gasteiger partial charge in [0.2, 0.25) is 0 Å². The molecule has 0 radical (unpaired) electrons. The zero-order valence-corrected chi connectivity index (χ0v) is 13.2. The van der Waals surface area contributed by atoms with Crippen molar-refractivity contribution in [1.29, 1.82) is 0 Å². The van der Waals surface area contributed by atoms with Crippen LogP contribution in [-0.2, 0) is 6.54 Å². The predicted octanol–water partition coefficient (Wildman–Crippen LogP) is 4.01. The number of hydrogen-bond donors (Lipinski definition) is 1. The van der Waals surface area contributed by atoms with Gasteiger partial charge >= 0.3 is 0 Å². The minimum Gasteiger partial charge on any atom is -0.497 e. The highest BCUT2D eigenvalue weighted by molar-refractivity contribution is 8.04. The van der Waals surface area contributed by atoms with Gasteiger partial charge in [0.05, 0.1) is 7.11 Å². The third kappa shape index (κ3) is 3.40. The second-order valence-corrected chi connectivity index (χ2v) is 6.17. The molecule has 0 amide bonds. The molecule has 1 heterocycles.